The van der Waals surface area contributed by atoms with Crippen molar-refractivity contribution >= 4 is 11.6 Å². The van der Waals surface area contributed by atoms with Crippen molar-refractivity contribution in [3.63, 3.8) is 0 Å². The zero-order valence-corrected chi connectivity index (χ0v) is 10.8. The fourth-order valence-corrected chi connectivity index (χ4v) is 1.63. The molecule has 0 aliphatic heterocycles. The second-order valence-corrected chi connectivity index (χ2v) is 4.10. The van der Waals surface area contributed by atoms with Gasteiger partial charge in [0.2, 0.25) is 0 Å². The average Bonchev–Trinajstić information content (AvgIpc) is 2.83. The number of aromatic nitrogens is 2. The lowest BCUT2D eigenvalue weighted by molar-refractivity contribution is 0.102. The van der Waals surface area contributed by atoms with Crippen LogP contribution in [0.15, 0.2) is 30.6 Å². The van der Waals surface area contributed by atoms with Gasteiger partial charge in [-0.25, -0.2) is 4.39 Å². The molecule has 0 aliphatic carbocycles. The minimum atomic E-state index is -0.605. The number of carbonyl (C=O) groups is 1. The minimum Gasteiger partial charge on any atom is -0.507 e. The maximum atomic E-state index is 12.8. The summed E-state index contributed by atoms with van der Waals surface area (Å²) in [6.07, 6.45) is 3.12. The van der Waals surface area contributed by atoms with E-state index in [1.165, 1.54) is 12.3 Å². The molecule has 0 bridgehead atoms. The largest absolute Gasteiger partial charge is 0.507 e. The van der Waals surface area contributed by atoms with E-state index in [0.29, 0.717) is 18.8 Å². The molecule has 1 aromatic heterocycles. The lowest BCUT2D eigenvalue weighted by Gasteiger charge is -2.04. The molecular weight excluding hydrogens is 265 g/mol. The number of amides is 1. The summed E-state index contributed by atoms with van der Waals surface area (Å²) < 4.78 is 19.4. The zero-order chi connectivity index (χ0) is 14.5. The molecular formula is C13H14FN3O3. The quantitative estimate of drug-likeness (QED) is 0.872. The van der Waals surface area contributed by atoms with E-state index in [1.54, 1.807) is 18.0 Å². The third-order valence-corrected chi connectivity index (χ3v) is 2.62. The van der Waals surface area contributed by atoms with Gasteiger partial charge in [0.15, 0.2) is 0 Å². The SMILES string of the molecule is COCCn1cc(NC(=O)c2ccc(F)cc2O)cn1. The standard InChI is InChI=1S/C13H14FN3O3/c1-20-5-4-17-8-10(7-15-17)16-13(19)11-3-2-9(14)6-12(11)18/h2-3,6-8,18H,4-5H2,1H3,(H,16,19). The Kier molecular flexibility index (Phi) is 4.31. The molecule has 2 N–H and O–H groups in total. The number of ether oxygens (including phenoxy) is 1. The normalized spacial score (nSPS) is 10.5. The van der Waals surface area contributed by atoms with Gasteiger partial charge in [-0.1, -0.05) is 0 Å². The summed E-state index contributed by atoms with van der Waals surface area (Å²) in [4.78, 5) is 11.9. The maximum absolute atomic E-state index is 12.8. The van der Waals surface area contributed by atoms with Crippen LogP contribution >= 0.6 is 0 Å². The average molecular weight is 279 g/mol. The molecule has 0 saturated carbocycles. The number of carbonyl (C=O) groups excluding carboxylic acids is 1. The number of nitrogens with zero attached hydrogens (tertiary/aromatic N) is 2. The predicted octanol–water partition coefficient (Wildman–Crippen LogP) is 1.63. The summed E-state index contributed by atoms with van der Waals surface area (Å²) in [6, 6.07) is 3.21. The van der Waals surface area contributed by atoms with Crippen LogP contribution in [0.3, 0.4) is 0 Å². The van der Waals surface area contributed by atoms with Gasteiger partial charge in [0.1, 0.15) is 11.6 Å². The van der Waals surface area contributed by atoms with Crippen molar-refractivity contribution in [2.75, 3.05) is 19.0 Å². The molecule has 0 aliphatic rings. The summed E-state index contributed by atoms with van der Waals surface area (Å²) >= 11 is 0. The molecule has 2 rings (SSSR count). The Morgan fingerprint density at radius 2 is 2.35 bits per heavy atom. The molecule has 20 heavy (non-hydrogen) atoms. The number of halogens is 1. The zero-order valence-electron chi connectivity index (χ0n) is 10.8. The molecule has 1 aromatic carbocycles. The maximum Gasteiger partial charge on any atom is 0.259 e. The van der Waals surface area contributed by atoms with E-state index in [9.17, 15) is 14.3 Å². The summed E-state index contributed by atoms with van der Waals surface area (Å²) in [5.41, 5.74) is 0.478. The lowest BCUT2D eigenvalue weighted by Crippen LogP contribution is -2.11. The van der Waals surface area contributed by atoms with E-state index in [2.05, 4.69) is 10.4 Å². The van der Waals surface area contributed by atoms with Crippen LogP contribution in [0.4, 0.5) is 10.1 Å². The van der Waals surface area contributed by atoms with Crippen LogP contribution in [0.25, 0.3) is 0 Å². The van der Waals surface area contributed by atoms with Crippen LogP contribution in [-0.2, 0) is 11.3 Å². The van der Waals surface area contributed by atoms with Gasteiger partial charge in [-0.3, -0.25) is 9.48 Å². The number of nitrogens with one attached hydrogen (secondary N) is 1. The highest BCUT2D eigenvalue weighted by molar-refractivity contribution is 6.05. The Hall–Kier alpha value is -2.41. The van der Waals surface area contributed by atoms with Gasteiger partial charge in [-0.2, -0.15) is 5.10 Å². The van der Waals surface area contributed by atoms with E-state index >= 15 is 0 Å². The van der Waals surface area contributed by atoms with E-state index in [-0.39, 0.29) is 5.56 Å². The van der Waals surface area contributed by atoms with Crippen molar-refractivity contribution in [2.24, 2.45) is 0 Å². The Bertz CT molecular complexity index is 613. The third kappa shape index (κ3) is 3.33. The van der Waals surface area contributed by atoms with Gasteiger partial charge in [0, 0.05) is 19.4 Å². The molecule has 0 atom stereocenters. The Morgan fingerprint density at radius 3 is 3.05 bits per heavy atom. The molecule has 106 valence electrons. The Labute approximate surface area is 114 Å². The van der Waals surface area contributed by atoms with Crippen molar-refractivity contribution < 1.29 is 19.0 Å². The number of methoxy groups -OCH3 is 1. The van der Waals surface area contributed by atoms with Crippen molar-refractivity contribution in [1.82, 2.24) is 9.78 Å². The smallest absolute Gasteiger partial charge is 0.259 e. The van der Waals surface area contributed by atoms with Gasteiger partial charge in [-0.15, -0.1) is 0 Å². The number of hydrogen-bond donors (Lipinski definition) is 2. The van der Waals surface area contributed by atoms with Crippen LogP contribution in [0.2, 0.25) is 0 Å². The molecule has 0 saturated heterocycles. The third-order valence-electron chi connectivity index (χ3n) is 2.62. The van der Waals surface area contributed by atoms with E-state index < -0.39 is 17.5 Å². The summed E-state index contributed by atoms with van der Waals surface area (Å²) in [5.74, 6) is -1.55. The van der Waals surface area contributed by atoms with Crippen LogP contribution in [-0.4, -0.2) is 34.5 Å². The number of aromatic hydroxyl groups is 1. The fourth-order valence-electron chi connectivity index (χ4n) is 1.63. The van der Waals surface area contributed by atoms with Crippen LogP contribution in [0.5, 0.6) is 5.75 Å². The van der Waals surface area contributed by atoms with Gasteiger partial charge in [-0.05, 0) is 12.1 Å². The first-order valence-corrected chi connectivity index (χ1v) is 5.91. The number of hydrogen-bond acceptors (Lipinski definition) is 4. The molecule has 0 radical (unpaired) electrons. The van der Waals surface area contributed by atoms with Crippen molar-refractivity contribution in [2.45, 2.75) is 6.54 Å². The Morgan fingerprint density at radius 1 is 1.55 bits per heavy atom. The van der Waals surface area contributed by atoms with Crippen molar-refractivity contribution in [1.29, 1.82) is 0 Å². The van der Waals surface area contributed by atoms with Gasteiger partial charge < -0.3 is 15.2 Å². The monoisotopic (exact) mass is 279 g/mol. The molecule has 1 amide bonds. The highest BCUT2D eigenvalue weighted by Gasteiger charge is 2.12. The molecule has 2 aromatic rings. The summed E-state index contributed by atoms with van der Waals surface area (Å²) in [7, 11) is 1.59. The minimum absolute atomic E-state index is 0.00367. The first kappa shape index (κ1) is 14.0. The second-order valence-electron chi connectivity index (χ2n) is 4.10. The molecule has 6 nitrogen and oxygen atoms in total. The first-order valence-electron chi connectivity index (χ1n) is 5.91. The highest BCUT2D eigenvalue weighted by atomic mass is 19.1. The molecule has 7 heteroatoms. The van der Waals surface area contributed by atoms with Crippen molar-refractivity contribution in [3.8, 4) is 5.75 Å². The molecule has 0 spiro atoms. The highest BCUT2D eigenvalue weighted by Crippen LogP contribution is 2.19. The predicted molar refractivity (Wildman–Crippen MR) is 70.1 cm³/mol. The van der Waals surface area contributed by atoms with Crippen LogP contribution in [0, 0.1) is 5.82 Å². The number of phenolic OH excluding ortho intramolecular Hbond substituents is 1. The van der Waals surface area contributed by atoms with Crippen molar-refractivity contribution in [3.05, 3.63) is 42.0 Å². The molecule has 1 heterocycles. The van der Waals surface area contributed by atoms with Gasteiger partial charge >= 0.3 is 0 Å². The Balaban J connectivity index is 2.05. The number of phenols is 1. The summed E-state index contributed by atoms with van der Waals surface area (Å²) in [6.45, 7) is 1.07. The molecule has 0 unspecified atom stereocenters. The molecule has 0 fully saturated rings. The summed E-state index contributed by atoms with van der Waals surface area (Å²) in [5, 5.41) is 16.1. The topological polar surface area (TPSA) is 76.4 Å². The number of benzene rings is 1. The van der Waals surface area contributed by atoms with Gasteiger partial charge in [0.05, 0.1) is 30.6 Å². The lowest BCUT2D eigenvalue weighted by atomic mass is 10.2. The van der Waals surface area contributed by atoms with E-state index in [4.69, 9.17) is 4.74 Å². The van der Waals surface area contributed by atoms with Gasteiger partial charge in [0.25, 0.3) is 5.91 Å². The van der Waals surface area contributed by atoms with Crippen LogP contribution < -0.4 is 5.32 Å². The number of rotatable bonds is 5. The first-order chi connectivity index (χ1) is 9.60. The second kappa shape index (κ2) is 6.16. The number of anilines is 1. The van der Waals surface area contributed by atoms with E-state index in [0.717, 1.165) is 12.1 Å². The van der Waals surface area contributed by atoms with Crippen LogP contribution in [0.1, 0.15) is 10.4 Å². The fraction of sp³-hybridized carbons (Fsp3) is 0.231. The van der Waals surface area contributed by atoms with E-state index in [1.807, 2.05) is 0 Å².